The van der Waals surface area contributed by atoms with Gasteiger partial charge in [-0.3, -0.25) is 0 Å². The van der Waals surface area contributed by atoms with Crippen LogP contribution in [0, 0.1) is 0 Å². The zero-order valence-electron chi connectivity index (χ0n) is 13.0. The lowest BCUT2D eigenvalue weighted by Crippen LogP contribution is -2.12. The average molecular weight is 357 g/mol. The molecule has 3 N–H and O–H groups in total. The smallest absolute Gasteiger partial charge is 0.356 e. The molecule has 0 unspecified atom stereocenters. The lowest BCUT2D eigenvalue weighted by molar-refractivity contribution is 0.0690. The van der Waals surface area contributed by atoms with E-state index in [1.54, 1.807) is 0 Å². The maximum absolute atomic E-state index is 11.4. The largest absolute Gasteiger partial charge is 0.476 e. The molecule has 0 amide bonds. The van der Waals surface area contributed by atoms with Crippen LogP contribution in [-0.2, 0) is 16.4 Å². The second-order valence-corrected chi connectivity index (χ2v) is 7.00. The minimum Gasteiger partial charge on any atom is -0.476 e. The van der Waals surface area contributed by atoms with Gasteiger partial charge in [-0.05, 0) is 35.9 Å². The Hall–Kier alpha value is -2.97. The van der Waals surface area contributed by atoms with Crippen molar-refractivity contribution in [3.63, 3.8) is 0 Å². The number of carboxylic acid groups (broad SMARTS) is 1. The first-order chi connectivity index (χ1) is 11.8. The van der Waals surface area contributed by atoms with Crippen molar-refractivity contribution in [1.29, 1.82) is 0 Å². The van der Waals surface area contributed by atoms with Crippen molar-refractivity contribution in [2.75, 3.05) is 0 Å². The molecular weight excluding hydrogens is 342 g/mol. The maximum atomic E-state index is 11.4. The summed E-state index contributed by atoms with van der Waals surface area (Å²) >= 11 is 0. The van der Waals surface area contributed by atoms with Gasteiger partial charge in [-0.2, -0.15) is 5.10 Å². The Morgan fingerprint density at radius 3 is 2.28 bits per heavy atom. The summed E-state index contributed by atoms with van der Waals surface area (Å²) in [6.07, 6.45) is 0.484. The molecule has 8 heteroatoms. The van der Waals surface area contributed by atoms with Crippen LogP contribution in [0.25, 0.3) is 5.69 Å². The van der Waals surface area contributed by atoms with Gasteiger partial charge in [0.25, 0.3) is 0 Å². The molecule has 0 aliphatic carbocycles. The predicted octanol–water partition coefficient (Wildman–Crippen LogP) is 1.81. The van der Waals surface area contributed by atoms with Crippen molar-refractivity contribution < 1.29 is 18.3 Å². The molecule has 0 fully saturated rings. The number of rotatable bonds is 5. The number of aromatic nitrogens is 2. The van der Waals surface area contributed by atoms with Crippen molar-refractivity contribution in [1.82, 2.24) is 9.78 Å². The molecular formula is C17H15N3O4S. The Morgan fingerprint density at radius 2 is 1.72 bits per heavy atom. The monoisotopic (exact) mass is 357 g/mol. The molecule has 0 aliphatic rings. The van der Waals surface area contributed by atoms with Gasteiger partial charge in [-0.25, -0.2) is 23.0 Å². The van der Waals surface area contributed by atoms with Gasteiger partial charge in [0, 0.05) is 12.1 Å². The summed E-state index contributed by atoms with van der Waals surface area (Å²) in [5.41, 5.74) is 2.14. The molecule has 3 rings (SSSR count). The summed E-state index contributed by atoms with van der Waals surface area (Å²) in [4.78, 5) is 11.2. The van der Waals surface area contributed by atoms with Crippen LogP contribution in [0.4, 0.5) is 0 Å². The van der Waals surface area contributed by atoms with E-state index in [2.05, 4.69) is 5.10 Å². The van der Waals surface area contributed by atoms with Gasteiger partial charge in [0.05, 0.1) is 10.6 Å². The highest BCUT2D eigenvalue weighted by Crippen LogP contribution is 2.18. The van der Waals surface area contributed by atoms with E-state index in [4.69, 9.17) is 5.14 Å². The molecule has 2 aromatic carbocycles. The summed E-state index contributed by atoms with van der Waals surface area (Å²) in [5.74, 6) is -1.13. The Bertz CT molecular complexity index is 1010. The van der Waals surface area contributed by atoms with Crippen LogP contribution < -0.4 is 5.14 Å². The van der Waals surface area contributed by atoms with Gasteiger partial charge in [0.15, 0.2) is 5.69 Å². The molecule has 3 aromatic rings. The number of carboxylic acids is 1. The summed E-state index contributed by atoms with van der Waals surface area (Å²) in [5, 5.41) is 18.4. The normalized spacial score (nSPS) is 11.4. The quantitative estimate of drug-likeness (QED) is 0.722. The highest BCUT2D eigenvalue weighted by molar-refractivity contribution is 7.89. The summed E-state index contributed by atoms with van der Waals surface area (Å²) < 4.78 is 24.2. The summed E-state index contributed by atoms with van der Waals surface area (Å²) in [7, 11) is -3.79. The van der Waals surface area contributed by atoms with Gasteiger partial charge >= 0.3 is 5.97 Å². The van der Waals surface area contributed by atoms with Crippen molar-refractivity contribution >= 4 is 16.0 Å². The molecule has 0 bridgehead atoms. The minimum atomic E-state index is -3.79. The van der Waals surface area contributed by atoms with E-state index in [0.717, 1.165) is 5.56 Å². The molecule has 7 nitrogen and oxygen atoms in total. The number of aromatic carboxylic acids is 1. The Balaban J connectivity index is 2.04. The van der Waals surface area contributed by atoms with Crippen LogP contribution in [0.5, 0.6) is 0 Å². The third kappa shape index (κ3) is 3.76. The number of primary sulfonamides is 1. The maximum Gasteiger partial charge on any atom is 0.356 e. The topological polar surface area (TPSA) is 115 Å². The first-order valence-corrected chi connectivity index (χ1v) is 8.88. The first-order valence-electron chi connectivity index (χ1n) is 7.34. The number of sulfonamides is 1. The number of benzene rings is 2. The molecule has 25 heavy (non-hydrogen) atoms. The molecule has 0 aliphatic heterocycles. The number of hydrogen-bond acceptors (Lipinski definition) is 4. The van der Waals surface area contributed by atoms with Crippen LogP contribution in [-0.4, -0.2) is 29.3 Å². The fraction of sp³-hybridized carbons (Fsp3) is 0.0588. The SMILES string of the molecule is NS(=O)(=O)c1ccc(-n2nc(C(=O)O)cc2Cc2ccccc2)cc1. The predicted molar refractivity (Wildman–Crippen MR) is 91.1 cm³/mol. The fourth-order valence-electron chi connectivity index (χ4n) is 2.46. The Labute approximate surface area is 144 Å². The molecule has 0 atom stereocenters. The van der Waals surface area contributed by atoms with E-state index in [1.165, 1.54) is 35.0 Å². The average Bonchev–Trinajstić information content (AvgIpc) is 2.99. The van der Waals surface area contributed by atoms with Crippen molar-refractivity contribution in [3.8, 4) is 5.69 Å². The van der Waals surface area contributed by atoms with E-state index in [1.807, 2.05) is 30.3 Å². The Morgan fingerprint density at radius 1 is 1.08 bits per heavy atom. The highest BCUT2D eigenvalue weighted by Gasteiger charge is 2.15. The van der Waals surface area contributed by atoms with E-state index >= 15 is 0 Å². The van der Waals surface area contributed by atoms with E-state index in [0.29, 0.717) is 17.8 Å². The van der Waals surface area contributed by atoms with Gasteiger partial charge < -0.3 is 5.11 Å². The summed E-state index contributed by atoms with van der Waals surface area (Å²) in [6, 6.07) is 16.9. The second kappa shape index (κ2) is 6.50. The van der Waals surface area contributed by atoms with Crippen molar-refractivity contribution in [2.24, 2.45) is 5.14 Å². The molecule has 1 heterocycles. The first kappa shape index (κ1) is 16.9. The summed E-state index contributed by atoms with van der Waals surface area (Å²) in [6.45, 7) is 0. The lowest BCUT2D eigenvalue weighted by atomic mass is 10.1. The van der Waals surface area contributed by atoms with Gasteiger partial charge in [0.2, 0.25) is 10.0 Å². The van der Waals surface area contributed by atoms with E-state index in [9.17, 15) is 18.3 Å². The molecule has 0 radical (unpaired) electrons. The van der Waals surface area contributed by atoms with Crippen LogP contribution in [0.1, 0.15) is 21.7 Å². The number of carbonyl (C=O) groups is 1. The standard InChI is InChI=1S/C17H15N3O4S/c18-25(23,24)15-8-6-13(7-9-15)20-14(11-16(19-20)17(21)22)10-12-4-2-1-3-5-12/h1-9,11H,10H2,(H,21,22)(H2,18,23,24). The number of hydrogen-bond donors (Lipinski definition) is 2. The third-order valence-electron chi connectivity index (χ3n) is 3.64. The number of nitrogens with zero attached hydrogens (tertiary/aromatic N) is 2. The number of nitrogens with two attached hydrogens (primary N) is 1. The van der Waals surface area contributed by atoms with Gasteiger partial charge in [-0.15, -0.1) is 0 Å². The molecule has 0 saturated heterocycles. The third-order valence-corrected chi connectivity index (χ3v) is 4.57. The van der Waals surface area contributed by atoms with Crippen LogP contribution in [0.3, 0.4) is 0 Å². The van der Waals surface area contributed by atoms with Crippen molar-refractivity contribution in [2.45, 2.75) is 11.3 Å². The molecule has 1 aromatic heterocycles. The van der Waals surface area contributed by atoms with Crippen LogP contribution in [0.2, 0.25) is 0 Å². The molecule has 128 valence electrons. The van der Waals surface area contributed by atoms with E-state index < -0.39 is 16.0 Å². The zero-order valence-corrected chi connectivity index (χ0v) is 13.8. The van der Waals surface area contributed by atoms with Gasteiger partial charge in [0.1, 0.15) is 0 Å². The lowest BCUT2D eigenvalue weighted by Gasteiger charge is -2.08. The zero-order chi connectivity index (χ0) is 18.0. The van der Waals surface area contributed by atoms with Crippen LogP contribution >= 0.6 is 0 Å². The molecule has 0 saturated carbocycles. The van der Waals surface area contributed by atoms with Gasteiger partial charge in [-0.1, -0.05) is 30.3 Å². The fourth-order valence-corrected chi connectivity index (χ4v) is 2.97. The van der Waals surface area contributed by atoms with Crippen LogP contribution in [0.15, 0.2) is 65.6 Å². The van der Waals surface area contributed by atoms with Crippen molar-refractivity contribution in [3.05, 3.63) is 77.6 Å². The molecule has 0 spiro atoms. The highest BCUT2D eigenvalue weighted by atomic mass is 32.2. The Kier molecular flexibility index (Phi) is 4.39. The van der Waals surface area contributed by atoms with E-state index in [-0.39, 0.29) is 10.6 Å². The minimum absolute atomic E-state index is 0.0218. The second-order valence-electron chi connectivity index (χ2n) is 5.44.